The normalized spacial score (nSPS) is 9.61. The zero-order valence-corrected chi connectivity index (χ0v) is 9.54. The molecule has 0 aliphatic carbocycles. The lowest BCUT2D eigenvalue weighted by molar-refractivity contribution is 0.281. The molecule has 90 valence electrons. The van der Waals surface area contributed by atoms with E-state index < -0.39 is 0 Å². The molecule has 0 aliphatic rings. The Morgan fingerprint density at radius 2 is 1.56 bits per heavy atom. The first-order valence-corrected chi connectivity index (χ1v) is 5.37. The number of aliphatic hydroxyl groups excluding tert-OH is 1. The minimum absolute atomic E-state index is 0.0126. The average molecular weight is 241 g/mol. The van der Waals surface area contributed by atoms with Crippen LogP contribution in [-0.2, 0) is 11.4 Å². The SMILES string of the molecule is O=C=Nc1ccc(Oc2ccc(CO)cc2)cc1. The highest BCUT2D eigenvalue weighted by Gasteiger charge is 1.98. The number of aliphatic hydroxyl groups is 1. The molecule has 0 fully saturated rings. The van der Waals surface area contributed by atoms with Gasteiger partial charge >= 0.3 is 0 Å². The maximum absolute atomic E-state index is 10.1. The molecule has 0 spiro atoms. The van der Waals surface area contributed by atoms with Crippen LogP contribution in [0.25, 0.3) is 0 Å². The summed E-state index contributed by atoms with van der Waals surface area (Å²) in [7, 11) is 0. The summed E-state index contributed by atoms with van der Waals surface area (Å²) in [6.07, 6.45) is 1.48. The van der Waals surface area contributed by atoms with Crippen LogP contribution < -0.4 is 4.74 Å². The van der Waals surface area contributed by atoms with Crippen molar-refractivity contribution in [3.8, 4) is 11.5 Å². The minimum Gasteiger partial charge on any atom is -0.457 e. The molecule has 0 atom stereocenters. The molecule has 0 unspecified atom stereocenters. The quantitative estimate of drug-likeness (QED) is 0.661. The number of hydrogen-bond acceptors (Lipinski definition) is 4. The van der Waals surface area contributed by atoms with Crippen molar-refractivity contribution in [2.45, 2.75) is 6.61 Å². The Morgan fingerprint density at radius 3 is 2.06 bits per heavy atom. The smallest absolute Gasteiger partial charge is 0.240 e. The standard InChI is InChI=1S/C14H11NO3/c16-9-11-1-5-13(6-2-11)18-14-7-3-12(4-8-14)15-10-17/h1-8,16H,9H2. The first kappa shape index (κ1) is 12.0. The number of rotatable bonds is 4. The van der Waals surface area contributed by atoms with Crippen LogP contribution >= 0.6 is 0 Å². The zero-order valence-electron chi connectivity index (χ0n) is 9.54. The van der Waals surface area contributed by atoms with Crippen molar-refractivity contribution in [2.75, 3.05) is 0 Å². The lowest BCUT2D eigenvalue weighted by Gasteiger charge is -2.06. The van der Waals surface area contributed by atoms with E-state index in [1.54, 1.807) is 48.5 Å². The molecular weight excluding hydrogens is 230 g/mol. The van der Waals surface area contributed by atoms with E-state index in [0.29, 0.717) is 17.2 Å². The van der Waals surface area contributed by atoms with Gasteiger partial charge in [0, 0.05) is 0 Å². The molecule has 0 saturated carbocycles. The van der Waals surface area contributed by atoms with E-state index in [2.05, 4.69) is 4.99 Å². The predicted octanol–water partition coefficient (Wildman–Crippen LogP) is 2.94. The van der Waals surface area contributed by atoms with Crippen molar-refractivity contribution in [3.63, 3.8) is 0 Å². The molecule has 0 heterocycles. The fourth-order valence-corrected chi connectivity index (χ4v) is 1.44. The maximum atomic E-state index is 10.1. The number of aliphatic imine (C=N–C) groups is 1. The van der Waals surface area contributed by atoms with Gasteiger partial charge in [-0.25, -0.2) is 4.79 Å². The number of isocyanates is 1. The lowest BCUT2D eigenvalue weighted by atomic mass is 10.2. The molecule has 0 saturated heterocycles. The summed E-state index contributed by atoms with van der Waals surface area (Å²) in [5, 5.41) is 8.92. The van der Waals surface area contributed by atoms with Crippen molar-refractivity contribution in [3.05, 3.63) is 54.1 Å². The van der Waals surface area contributed by atoms with Gasteiger partial charge in [0.1, 0.15) is 11.5 Å². The number of hydrogen-bond donors (Lipinski definition) is 1. The number of nitrogens with zero attached hydrogens (tertiary/aromatic N) is 1. The zero-order chi connectivity index (χ0) is 12.8. The van der Waals surface area contributed by atoms with Gasteiger partial charge < -0.3 is 9.84 Å². The van der Waals surface area contributed by atoms with Gasteiger partial charge in [0.05, 0.1) is 12.3 Å². The van der Waals surface area contributed by atoms with Gasteiger partial charge in [-0.2, -0.15) is 4.99 Å². The molecule has 0 amide bonds. The van der Waals surface area contributed by atoms with E-state index in [9.17, 15) is 4.79 Å². The first-order chi connectivity index (χ1) is 8.81. The predicted molar refractivity (Wildman–Crippen MR) is 66.7 cm³/mol. The van der Waals surface area contributed by atoms with Crippen LogP contribution in [0.4, 0.5) is 5.69 Å². The second-order valence-electron chi connectivity index (χ2n) is 3.60. The third-order valence-corrected chi connectivity index (χ3v) is 2.35. The van der Waals surface area contributed by atoms with Crippen LogP contribution in [0, 0.1) is 0 Å². The van der Waals surface area contributed by atoms with Crippen molar-refractivity contribution in [1.82, 2.24) is 0 Å². The molecule has 0 aromatic heterocycles. The lowest BCUT2D eigenvalue weighted by Crippen LogP contribution is -1.85. The number of carbonyl (C=O) groups excluding carboxylic acids is 1. The maximum Gasteiger partial charge on any atom is 0.240 e. The van der Waals surface area contributed by atoms with Gasteiger partial charge in [-0.3, -0.25) is 0 Å². The van der Waals surface area contributed by atoms with E-state index in [-0.39, 0.29) is 6.61 Å². The van der Waals surface area contributed by atoms with E-state index in [1.165, 1.54) is 6.08 Å². The molecule has 1 N–H and O–H groups in total. The molecule has 18 heavy (non-hydrogen) atoms. The first-order valence-electron chi connectivity index (χ1n) is 5.37. The second kappa shape index (κ2) is 5.77. The van der Waals surface area contributed by atoms with E-state index in [1.807, 2.05) is 0 Å². The van der Waals surface area contributed by atoms with E-state index in [0.717, 1.165) is 5.56 Å². The Morgan fingerprint density at radius 1 is 1.00 bits per heavy atom. The van der Waals surface area contributed by atoms with Crippen LogP contribution in [0.3, 0.4) is 0 Å². The molecule has 2 rings (SSSR count). The molecule has 2 aromatic carbocycles. The summed E-state index contributed by atoms with van der Waals surface area (Å²) in [4.78, 5) is 13.6. The largest absolute Gasteiger partial charge is 0.457 e. The molecule has 0 bridgehead atoms. The Balaban J connectivity index is 2.10. The van der Waals surface area contributed by atoms with Gasteiger partial charge in [-0.1, -0.05) is 12.1 Å². The van der Waals surface area contributed by atoms with Gasteiger partial charge in [0.25, 0.3) is 0 Å². The Kier molecular flexibility index (Phi) is 3.86. The third-order valence-electron chi connectivity index (χ3n) is 2.35. The summed E-state index contributed by atoms with van der Waals surface area (Å²) in [5.74, 6) is 1.33. The van der Waals surface area contributed by atoms with Gasteiger partial charge in [-0.15, -0.1) is 0 Å². The summed E-state index contributed by atoms with van der Waals surface area (Å²) in [6, 6.07) is 13.9. The topological polar surface area (TPSA) is 58.9 Å². The molecule has 0 radical (unpaired) electrons. The van der Waals surface area contributed by atoms with Crippen LogP contribution in [-0.4, -0.2) is 11.2 Å². The van der Waals surface area contributed by atoms with Crippen molar-refractivity contribution >= 4 is 11.8 Å². The van der Waals surface area contributed by atoms with Gasteiger partial charge in [-0.05, 0) is 42.0 Å². The van der Waals surface area contributed by atoms with E-state index in [4.69, 9.17) is 9.84 Å². The Labute approximate surface area is 104 Å². The molecule has 4 nitrogen and oxygen atoms in total. The highest BCUT2D eigenvalue weighted by atomic mass is 16.5. The minimum atomic E-state index is 0.0126. The third kappa shape index (κ3) is 3.04. The van der Waals surface area contributed by atoms with Crippen molar-refractivity contribution in [1.29, 1.82) is 0 Å². The summed E-state index contributed by atoms with van der Waals surface area (Å²) in [6.45, 7) is 0.0126. The van der Waals surface area contributed by atoms with Crippen LogP contribution in [0.5, 0.6) is 11.5 Å². The van der Waals surface area contributed by atoms with Crippen molar-refractivity contribution in [2.24, 2.45) is 4.99 Å². The van der Waals surface area contributed by atoms with Crippen LogP contribution in [0.15, 0.2) is 53.5 Å². The molecule has 4 heteroatoms. The van der Waals surface area contributed by atoms with Gasteiger partial charge in [0.2, 0.25) is 6.08 Å². The van der Waals surface area contributed by atoms with Crippen LogP contribution in [0.2, 0.25) is 0 Å². The summed E-state index contributed by atoms with van der Waals surface area (Å²) >= 11 is 0. The fraction of sp³-hybridized carbons (Fsp3) is 0.0714. The summed E-state index contributed by atoms with van der Waals surface area (Å²) < 4.78 is 5.59. The number of benzene rings is 2. The van der Waals surface area contributed by atoms with E-state index >= 15 is 0 Å². The fourth-order valence-electron chi connectivity index (χ4n) is 1.44. The Bertz CT molecular complexity index is 555. The molecule has 2 aromatic rings. The Hall–Kier alpha value is -2.42. The highest BCUT2D eigenvalue weighted by molar-refractivity contribution is 5.50. The summed E-state index contributed by atoms with van der Waals surface area (Å²) in [5.41, 5.74) is 1.37. The second-order valence-corrected chi connectivity index (χ2v) is 3.60. The monoisotopic (exact) mass is 241 g/mol. The molecular formula is C14H11NO3. The van der Waals surface area contributed by atoms with Gasteiger partial charge in [0.15, 0.2) is 0 Å². The molecule has 0 aliphatic heterocycles. The number of ether oxygens (including phenoxy) is 1. The highest BCUT2D eigenvalue weighted by Crippen LogP contribution is 2.24. The van der Waals surface area contributed by atoms with Crippen LogP contribution in [0.1, 0.15) is 5.56 Å². The average Bonchev–Trinajstić information content (AvgIpc) is 2.42. The van der Waals surface area contributed by atoms with Crippen molar-refractivity contribution < 1.29 is 14.6 Å².